The van der Waals surface area contributed by atoms with Crippen molar-refractivity contribution in [1.29, 1.82) is 0 Å². The average Bonchev–Trinajstić information content (AvgIpc) is 2.37. The third-order valence-corrected chi connectivity index (χ3v) is 3.04. The van der Waals surface area contributed by atoms with Crippen LogP contribution < -0.4 is 15.2 Å². The number of anilines is 1. The van der Waals surface area contributed by atoms with Gasteiger partial charge in [-0.2, -0.15) is 0 Å². The largest absolute Gasteiger partial charge is 0.497 e. The van der Waals surface area contributed by atoms with E-state index in [1.165, 1.54) is 7.11 Å². The van der Waals surface area contributed by atoms with Crippen molar-refractivity contribution in [3.8, 4) is 17.2 Å². The molecule has 0 saturated carbocycles. The molecule has 0 aromatic heterocycles. The highest BCUT2D eigenvalue weighted by Crippen LogP contribution is 2.36. The minimum Gasteiger partial charge on any atom is -0.497 e. The first-order valence-corrected chi connectivity index (χ1v) is 6.06. The first-order chi connectivity index (χ1) is 9.01. The number of nitrogen functional groups attached to an aromatic ring is 1. The Morgan fingerprint density at radius 1 is 1.11 bits per heavy atom. The van der Waals surface area contributed by atoms with E-state index in [1.54, 1.807) is 18.2 Å². The number of rotatable bonds is 3. The van der Waals surface area contributed by atoms with E-state index >= 15 is 0 Å². The molecule has 2 rings (SSSR count). The van der Waals surface area contributed by atoms with E-state index in [9.17, 15) is 8.78 Å². The first kappa shape index (κ1) is 13.6. The van der Waals surface area contributed by atoms with Crippen LogP contribution in [0.3, 0.4) is 0 Å². The van der Waals surface area contributed by atoms with Gasteiger partial charge in [0.25, 0.3) is 0 Å². The Hall–Kier alpha value is -1.82. The average molecular weight is 330 g/mol. The second-order valence-corrected chi connectivity index (χ2v) is 4.55. The normalized spacial score (nSPS) is 10.3. The predicted octanol–water partition coefficient (Wildman–Crippen LogP) is 4.11. The number of benzene rings is 2. The topological polar surface area (TPSA) is 44.5 Å². The van der Waals surface area contributed by atoms with E-state index in [-0.39, 0.29) is 11.4 Å². The molecule has 0 spiro atoms. The maximum absolute atomic E-state index is 13.3. The van der Waals surface area contributed by atoms with Gasteiger partial charge in [-0.05, 0) is 34.1 Å². The smallest absolute Gasteiger partial charge is 0.156 e. The van der Waals surface area contributed by atoms with Gasteiger partial charge in [-0.1, -0.05) is 0 Å². The Labute approximate surface area is 117 Å². The van der Waals surface area contributed by atoms with E-state index in [1.807, 2.05) is 0 Å². The third kappa shape index (κ3) is 2.96. The summed E-state index contributed by atoms with van der Waals surface area (Å²) < 4.78 is 37.4. The van der Waals surface area contributed by atoms with Crippen LogP contribution in [-0.4, -0.2) is 7.11 Å². The van der Waals surface area contributed by atoms with Gasteiger partial charge in [0, 0.05) is 12.1 Å². The van der Waals surface area contributed by atoms with Crippen molar-refractivity contribution in [2.75, 3.05) is 12.8 Å². The molecule has 19 heavy (non-hydrogen) atoms. The molecular weight excluding hydrogens is 320 g/mol. The van der Waals surface area contributed by atoms with Crippen LogP contribution in [0, 0.1) is 11.6 Å². The van der Waals surface area contributed by atoms with E-state index in [0.29, 0.717) is 22.0 Å². The van der Waals surface area contributed by atoms with Crippen molar-refractivity contribution in [2.24, 2.45) is 0 Å². The summed E-state index contributed by atoms with van der Waals surface area (Å²) in [7, 11) is 1.53. The molecule has 0 aliphatic rings. The molecule has 2 N–H and O–H groups in total. The number of hydrogen-bond acceptors (Lipinski definition) is 3. The molecule has 3 nitrogen and oxygen atoms in total. The Kier molecular flexibility index (Phi) is 3.90. The summed E-state index contributed by atoms with van der Waals surface area (Å²) in [5.41, 5.74) is 5.25. The zero-order chi connectivity index (χ0) is 14.0. The number of methoxy groups -OCH3 is 1. The highest BCUT2D eigenvalue weighted by molar-refractivity contribution is 9.10. The third-order valence-electron chi connectivity index (χ3n) is 2.42. The van der Waals surface area contributed by atoms with Crippen molar-refractivity contribution >= 4 is 21.6 Å². The summed E-state index contributed by atoms with van der Waals surface area (Å²) in [5.74, 6) is -0.704. The molecule has 2 aromatic carbocycles. The molecule has 0 atom stereocenters. The van der Waals surface area contributed by atoms with Gasteiger partial charge in [0.15, 0.2) is 11.6 Å². The van der Waals surface area contributed by atoms with Crippen LogP contribution in [0.2, 0.25) is 0 Å². The summed E-state index contributed by atoms with van der Waals surface area (Å²) in [4.78, 5) is 0. The molecular formula is C13H10BrF2NO2. The van der Waals surface area contributed by atoms with Crippen molar-refractivity contribution < 1.29 is 18.3 Å². The number of ether oxygens (including phenoxy) is 2. The quantitative estimate of drug-likeness (QED) is 0.862. The molecule has 0 aliphatic carbocycles. The Bertz CT molecular complexity index is 620. The van der Waals surface area contributed by atoms with Crippen LogP contribution in [0.15, 0.2) is 34.8 Å². The fraction of sp³-hybridized carbons (Fsp3) is 0.0769. The summed E-state index contributed by atoms with van der Waals surface area (Å²) in [6, 6.07) is 6.65. The second-order valence-electron chi connectivity index (χ2n) is 3.70. The molecule has 0 saturated heterocycles. The summed E-state index contributed by atoms with van der Waals surface area (Å²) in [6.45, 7) is 0. The fourth-order valence-corrected chi connectivity index (χ4v) is 1.89. The van der Waals surface area contributed by atoms with E-state index in [2.05, 4.69) is 15.9 Å². The first-order valence-electron chi connectivity index (χ1n) is 5.27. The zero-order valence-electron chi connectivity index (χ0n) is 9.91. The standard InChI is InChI=1S/C13H10BrF2NO2/c1-18-8-2-3-11(9(14)6-8)19-12-5-7(15)4-10(16)13(12)17/h2-6H,17H2,1H3. The molecule has 6 heteroatoms. The molecule has 0 aliphatic heterocycles. The van der Waals surface area contributed by atoms with Crippen molar-refractivity contribution in [3.63, 3.8) is 0 Å². The lowest BCUT2D eigenvalue weighted by Crippen LogP contribution is -1.97. The van der Waals surface area contributed by atoms with Crippen LogP contribution in [0.5, 0.6) is 17.2 Å². The minimum absolute atomic E-state index is 0.0802. The van der Waals surface area contributed by atoms with Crippen LogP contribution in [0.25, 0.3) is 0 Å². The van der Waals surface area contributed by atoms with E-state index < -0.39 is 11.6 Å². The molecule has 0 fully saturated rings. The van der Waals surface area contributed by atoms with Gasteiger partial charge in [-0.25, -0.2) is 8.78 Å². The van der Waals surface area contributed by atoms with Gasteiger partial charge < -0.3 is 15.2 Å². The number of nitrogens with two attached hydrogens (primary N) is 1. The van der Waals surface area contributed by atoms with Gasteiger partial charge in [0.1, 0.15) is 23.0 Å². The summed E-state index contributed by atoms with van der Waals surface area (Å²) >= 11 is 3.27. The SMILES string of the molecule is COc1ccc(Oc2cc(F)cc(F)c2N)c(Br)c1. The van der Waals surface area contributed by atoms with Gasteiger partial charge in [0.2, 0.25) is 0 Å². The fourth-order valence-electron chi connectivity index (χ4n) is 1.46. The Morgan fingerprint density at radius 2 is 1.84 bits per heavy atom. The lowest BCUT2D eigenvalue weighted by molar-refractivity contribution is 0.412. The van der Waals surface area contributed by atoms with Gasteiger partial charge in [0.05, 0.1) is 11.6 Å². The lowest BCUT2D eigenvalue weighted by Gasteiger charge is -2.11. The predicted molar refractivity (Wildman–Crippen MR) is 71.5 cm³/mol. The molecule has 0 radical (unpaired) electrons. The van der Waals surface area contributed by atoms with Crippen LogP contribution >= 0.6 is 15.9 Å². The molecule has 100 valence electrons. The lowest BCUT2D eigenvalue weighted by atomic mass is 10.2. The van der Waals surface area contributed by atoms with Gasteiger partial charge in [-0.15, -0.1) is 0 Å². The summed E-state index contributed by atoms with van der Waals surface area (Å²) in [6.07, 6.45) is 0. The zero-order valence-corrected chi connectivity index (χ0v) is 11.5. The number of halogens is 3. The second kappa shape index (κ2) is 5.44. The summed E-state index contributed by atoms with van der Waals surface area (Å²) in [5, 5.41) is 0. The van der Waals surface area contributed by atoms with Gasteiger partial charge >= 0.3 is 0 Å². The molecule has 0 bridgehead atoms. The molecule has 2 aromatic rings. The van der Waals surface area contributed by atoms with Crippen LogP contribution in [-0.2, 0) is 0 Å². The van der Waals surface area contributed by atoms with Crippen molar-refractivity contribution in [2.45, 2.75) is 0 Å². The van der Waals surface area contributed by atoms with Crippen LogP contribution in [0.1, 0.15) is 0 Å². The Morgan fingerprint density at radius 3 is 2.47 bits per heavy atom. The highest BCUT2D eigenvalue weighted by atomic mass is 79.9. The monoisotopic (exact) mass is 329 g/mol. The van der Waals surface area contributed by atoms with Crippen molar-refractivity contribution in [3.05, 3.63) is 46.4 Å². The van der Waals surface area contributed by atoms with Gasteiger partial charge in [-0.3, -0.25) is 0 Å². The van der Waals surface area contributed by atoms with E-state index in [0.717, 1.165) is 6.07 Å². The molecule has 0 unspecified atom stereocenters. The van der Waals surface area contributed by atoms with Crippen LogP contribution in [0.4, 0.5) is 14.5 Å². The Balaban J connectivity index is 2.36. The van der Waals surface area contributed by atoms with Crippen molar-refractivity contribution in [1.82, 2.24) is 0 Å². The maximum Gasteiger partial charge on any atom is 0.156 e. The minimum atomic E-state index is -0.861. The number of hydrogen-bond donors (Lipinski definition) is 1. The maximum atomic E-state index is 13.3. The molecule has 0 amide bonds. The highest BCUT2D eigenvalue weighted by Gasteiger charge is 2.12. The van der Waals surface area contributed by atoms with E-state index in [4.69, 9.17) is 15.2 Å². The molecule has 0 heterocycles.